The second-order valence-electron chi connectivity index (χ2n) is 9.18. The third kappa shape index (κ3) is 6.41. The average molecular weight is 532 g/mol. The van der Waals surface area contributed by atoms with Crippen molar-refractivity contribution in [1.82, 2.24) is 29.8 Å². The molecule has 0 bridgehead atoms. The standard InChI is InChI=1S/C26H29N9O2S/c1-16(13-35-15-22(32-33-35)26(2,3)37)6-5-7-23(27)31-25-19(24(28)36)10-21(38-25)17-8-9-20(29-11-17)18-12-30-34(4)14-18/h5-12,14-15,31,37H,1,13,27H2,2-4H3,(H2,28,36)/b6-5-,23-7+. The summed E-state index contributed by atoms with van der Waals surface area (Å²) in [6.07, 6.45) is 12.2. The van der Waals surface area contributed by atoms with Gasteiger partial charge in [-0.15, -0.1) is 16.4 Å². The Morgan fingerprint density at radius 3 is 2.63 bits per heavy atom. The molecule has 0 aliphatic heterocycles. The van der Waals surface area contributed by atoms with E-state index in [2.05, 4.69) is 32.3 Å². The van der Waals surface area contributed by atoms with Crippen LogP contribution in [-0.2, 0) is 19.2 Å². The Labute approximate surface area is 223 Å². The van der Waals surface area contributed by atoms with E-state index in [0.717, 1.165) is 27.3 Å². The van der Waals surface area contributed by atoms with Crippen LogP contribution >= 0.6 is 11.3 Å². The van der Waals surface area contributed by atoms with Gasteiger partial charge in [0, 0.05) is 35.4 Å². The number of carbonyl (C=O) groups excluding carboxylic acids is 1. The SMILES string of the molecule is C=C(/C=C\C=C(/N)Nc1sc(-c2ccc(-c3cnn(C)c3)nc2)cc1C(N)=O)Cn1cc(C(C)(C)O)nn1. The molecule has 6 N–H and O–H groups in total. The maximum Gasteiger partial charge on any atom is 0.251 e. The number of pyridine rings is 1. The number of aromatic nitrogens is 6. The summed E-state index contributed by atoms with van der Waals surface area (Å²) in [7, 11) is 1.85. The van der Waals surface area contributed by atoms with Crippen LogP contribution in [0.3, 0.4) is 0 Å². The van der Waals surface area contributed by atoms with Crippen LogP contribution in [0.4, 0.5) is 5.00 Å². The van der Waals surface area contributed by atoms with Gasteiger partial charge in [-0.25, -0.2) is 4.68 Å². The van der Waals surface area contributed by atoms with Crippen LogP contribution < -0.4 is 16.8 Å². The predicted molar refractivity (Wildman–Crippen MR) is 148 cm³/mol. The van der Waals surface area contributed by atoms with Gasteiger partial charge < -0.3 is 21.9 Å². The summed E-state index contributed by atoms with van der Waals surface area (Å²) in [6, 6.07) is 5.56. The van der Waals surface area contributed by atoms with Gasteiger partial charge in [-0.05, 0) is 43.7 Å². The molecule has 0 spiro atoms. The molecule has 11 nitrogen and oxygen atoms in total. The molecule has 196 valence electrons. The van der Waals surface area contributed by atoms with Crippen LogP contribution in [-0.4, -0.2) is 40.8 Å². The summed E-state index contributed by atoms with van der Waals surface area (Å²) in [5.74, 6) is -0.245. The summed E-state index contributed by atoms with van der Waals surface area (Å²) in [4.78, 5) is 17.4. The lowest BCUT2D eigenvalue weighted by molar-refractivity contribution is 0.0737. The Morgan fingerprint density at radius 2 is 2.03 bits per heavy atom. The maximum atomic E-state index is 12.1. The first-order valence-corrected chi connectivity index (χ1v) is 12.4. The van der Waals surface area contributed by atoms with Gasteiger partial charge in [0.15, 0.2) is 0 Å². The summed E-state index contributed by atoms with van der Waals surface area (Å²) in [6.45, 7) is 7.69. The van der Waals surface area contributed by atoms with E-state index in [4.69, 9.17) is 11.5 Å². The molecular weight excluding hydrogens is 502 g/mol. The molecule has 0 atom stereocenters. The second kappa shape index (κ2) is 10.8. The van der Waals surface area contributed by atoms with E-state index in [-0.39, 0.29) is 0 Å². The van der Waals surface area contributed by atoms with E-state index in [9.17, 15) is 9.90 Å². The van der Waals surface area contributed by atoms with Crippen molar-refractivity contribution in [2.75, 3.05) is 5.32 Å². The van der Waals surface area contributed by atoms with Gasteiger partial charge >= 0.3 is 0 Å². The number of nitrogens with zero attached hydrogens (tertiary/aromatic N) is 6. The van der Waals surface area contributed by atoms with Crippen molar-refractivity contribution in [1.29, 1.82) is 0 Å². The highest BCUT2D eigenvalue weighted by molar-refractivity contribution is 7.19. The van der Waals surface area contributed by atoms with Crippen molar-refractivity contribution in [3.63, 3.8) is 0 Å². The second-order valence-corrected chi connectivity index (χ2v) is 10.2. The normalized spacial score (nSPS) is 12.3. The highest BCUT2D eigenvalue weighted by atomic mass is 32.1. The highest BCUT2D eigenvalue weighted by Crippen LogP contribution is 2.36. The average Bonchev–Trinajstić information content (AvgIpc) is 3.59. The molecule has 4 rings (SSSR count). The summed E-state index contributed by atoms with van der Waals surface area (Å²) >= 11 is 1.35. The number of nitrogens with one attached hydrogen (secondary N) is 1. The molecule has 4 aromatic rings. The predicted octanol–water partition coefficient (Wildman–Crippen LogP) is 3.15. The Balaban J connectivity index is 1.43. The number of primary amides is 1. The number of nitrogens with two attached hydrogens (primary N) is 2. The first-order valence-electron chi connectivity index (χ1n) is 11.6. The number of carbonyl (C=O) groups is 1. The summed E-state index contributed by atoms with van der Waals surface area (Å²) in [5, 5.41) is 25.8. The quantitative estimate of drug-likeness (QED) is 0.227. The Kier molecular flexibility index (Phi) is 7.55. The smallest absolute Gasteiger partial charge is 0.251 e. The van der Waals surface area contributed by atoms with Gasteiger partial charge in [0.2, 0.25) is 0 Å². The number of anilines is 1. The molecule has 0 aliphatic carbocycles. The summed E-state index contributed by atoms with van der Waals surface area (Å²) < 4.78 is 3.31. The van der Waals surface area contributed by atoms with Crippen LogP contribution in [0.15, 0.2) is 79.2 Å². The molecule has 0 saturated heterocycles. The van der Waals surface area contributed by atoms with E-state index in [0.29, 0.717) is 28.6 Å². The van der Waals surface area contributed by atoms with Crippen LogP contribution in [0.2, 0.25) is 0 Å². The zero-order valence-corrected chi connectivity index (χ0v) is 22.1. The fourth-order valence-corrected chi connectivity index (χ4v) is 4.52. The van der Waals surface area contributed by atoms with E-state index < -0.39 is 11.5 Å². The lowest BCUT2D eigenvalue weighted by Gasteiger charge is -2.11. The Hall–Kier alpha value is -4.55. The van der Waals surface area contributed by atoms with Gasteiger partial charge in [0.05, 0.1) is 30.2 Å². The minimum absolute atomic E-state index is 0.320. The molecule has 0 saturated carbocycles. The molecule has 12 heteroatoms. The highest BCUT2D eigenvalue weighted by Gasteiger charge is 2.20. The van der Waals surface area contributed by atoms with Crippen LogP contribution in [0.1, 0.15) is 29.9 Å². The van der Waals surface area contributed by atoms with Crippen molar-refractivity contribution >= 4 is 22.2 Å². The number of aryl methyl sites for hydroxylation is 1. The van der Waals surface area contributed by atoms with Gasteiger partial charge in [-0.3, -0.25) is 14.5 Å². The van der Waals surface area contributed by atoms with E-state index in [1.54, 1.807) is 66.1 Å². The van der Waals surface area contributed by atoms with E-state index in [1.807, 2.05) is 25.4 Å². The molecule has 0 fully saturated rings. The monoisotopic (exact) mass is 531 g/mol. The number of hydrogen-bond acceptors (Lipinski definition) is 9. The third-order valence-corrected chi connectivity index (χ3v) is 6.54. The van der Waals surface area contributed by atoms with E-state index in [1.165, 1.54) is 11.3 Å². The summed E-state index contributed by atoms with van der Waals surface area (Å²) in [5.41, 5.74) is 14.8. The van der Waals surface area contributed by atoms with E-state index >= 15 is 0 Å². The Morgan fingerprint density at radius 1 is 1.24 bits per heavy atom. The zero-order valence-electron chi connectivity index (χ0n) is 21.3. The molecule has 1 amide bonds. The molecule has 4 heterocycles. The lowest BCUT2D eigenvalue weighted by atomic mass is 10.1. The lowest BCUT2D eigenvalue weighted by Crippen LogP contribution is -2.15. The molecule has 0 aromatic carbocycles. The minimum atomic E-state index is -1.07. The number of thiophene rings is 1. The fourth-order valence-electron chi connectivity index (χ4n) is 3.45. The number of rotatable bonds is 10. The largest absolute Gasteiger partial charge is 0.385 e. The molecule has 0 unspecified atom stereocenters. The van der Waals surface area contributed by atoms with Gasteiger partial charge in [-0.2, -0.15) is 5.10 Å². The van der Waals surface area contributed by atoms with Crippen molar-refractivity contribution in [2.24, 2.45) is 18.5 Å². The van der Waals surface area contributed by atoms with Crippen LogP contribution in [0.5, 0.6) is 0 Å². The van der Waals surface area contributed by atoms with Crippen LogP contribution in [0.25, 0.3) is 21.7 Å². The van der Waals surface area contributed by atoms with Gasteiger partial charge in [0.25, 0.3) is 5.91 Å². The Bertz CT molecular complexity index is 1520. The fraction of sp³-hybridized carbons (Fsp3) is 0.192. The molecule has 38 heavy (non-hydrogen) atoms. The molecule has 4 aromatic heterocycles. The number of aliphatic hydroxyl groups is 1. The van der Waals surface area contributed by atoms with Crippen molar-refractivity contribution in [2.45, 2.75) is 26.0 Å². The number of amides is 1. The molecular formula is C26H29N9O2S. The zero-order chi connectivity index (χ0) is 27.4. The van der Waals surface area contributed by atoms with Crippen molar-refractivity contribution < 1.29 is 9.90 Å². The van der Waals surface area contributed by atoms with Gasteiger partial charge in [0.1, 0.15) is 22.1 Å². The molecule has 0 aliphatic rings. The first kappa shape index (κ1) is 26.5. The number of hydrogen-bond donors (Lipinski definition) is 4. The first-order chi connectivity index (χ1) is 18.0. The van der Waals surface area contributed by atoms with Crippen molar-refractivity contribution in [3.8, 4) is 21.7 Å². The van der Waals surface area contributed by atoms with Gasteiger partial charge in [-0.1, -0.05) is 23.9 Å². The maximum absolute atomic E-state index is 12.1. The number of allylic oxidation sites excluding steroid dienone is 4. The van der Waals surface area contributed by atoms with Crippen molar-refractivity contribution in [3.05, 3.63) is 90.4 Å². The molecule has 0 radical (unpaired) electrons. The topological polar surface area (TPSA) is 163 Å². The third-order valence-electron chi connectivity index (χ3n) is 5.44. The van der Waals surface area contributed by atoms with Crippen LogP contribution in [0, 0.1) is 0 Å². The minimum Gasteiger partial charge on any atom is -0.385 e.